The molecule has 4 aliphatic rings. The normalized spacial score (nSPS) is 25.4. The quantitative estimate of drug-likeness (QED) is 0.522. The Balaban J connectivity index is 0.985. The Morgan fingerprint density at radius 3 is 2.51 bits per heavy atom. The van der Waals surface area contributed by atoms with Gasteiger partial charge in [0.2, 0.25) is 11.8 Å². The molecule has 6 rings (SSSR count). The minimum atomic E-state index is -0.222. The molecule has 208 valence electrons. The predicted octanol–water partition coefficient (Wildman–Crippen LogP) is 3.95. The van der Waals surface area contributed by atoms with Crippen LogP contribution in [0.3, 0.4) is 0 Å². The maximum absolute atomic E-state index is 12.3. The number of rotatable bonds is 8. The van der Waals surface area contributed by atoms with Gasteiger partial charge in [-0.3, -0.25) is 29.6 Å². The fourth-order valence-corrected chi connectivity index (χ4v) is 6.92. The van der Waals surface area contributed by atoms with Gasteiger partial charge in [0.1, 0.15) is 12.4 Å². The molecule has 2 aromatic rings. The van der Waals surface area contributed by atoms with E-state index in [9.17, 15) is 9.59 Å². The molecule has 3 fully saturated rings. The molecular weight excluding hydrogens is 488 g/mol. The standard InChI is InChI=1S/C32H42N4O3/c37-31-12-11-30(32(38)33-31)36-21-26-9-10-29(18-27(26)22-36)39-23-28-8-4-5-15-35(28)20-25-13-16-34(17-14-25)19-24-6-2-1-3-7-24/h1-3,6-7,9-10,18,25,28,30H,4-5,8,11-17,19-23H2,(H,33,37,38)/t28-,30?/m1/s1. The van der Waals surface area contributed by atoms with E-state index in [1.807, 2.05) is 0 Å². The monoisotopic (exact) mass is 530 g/mol. The van der Waals surface area contributed by atoms with Crippen LogP contribution in [0.4, 0.5) is 0 Å². The van der Waals surface area contributed by atoms with E-state index in [1.54, 1.807) is 0 Å². The van der Waals surface area contributed by atoms with E-state index in [0.29, 0.717) is 18.9 Å². The number of nitrogens with one attached hydrogen (secondary N) is 1. The Labute approximate surface area is 232 Å². The summed E-state index contributed by atoms with van der Waals surface area (Å²) < 4.78 is 6.40. The van der Waals surface area contributed by atoms with Gasteiger partial charge in [0.05, 0.1) is 6.04 Å². The molecule has 0 spiro atoms. The third-order valence-corrected chi connectivity index (χ3v) is 9.22. The lowest BCUT2D eigenvalue weighted by molar-refractivity contribution is -0.137. The maximum atomic E-state index is 12.3. The Morgan fingerprint density at radius 2 is 1.69 bits per heavy atom. The molecule has 4 heterocycles. The van der Waals surface area contributed by atoms with Gasteiger partial charge in [0, 0.05) is 38.6 Å². The van der Waals surface area contributed by atoms with Gasteiger partial charge < -0.3 is 4.74 Å². The first kappa shape index (κ1) is 26.5. The Kier molecular flexibility index (Phi) is 8.28. The molecule has 0 aliphatic carbocycles. The fourth-order valence-electron chi connectivity index (χ4n) is 6.92. The Bertz CT molecular complexity index is 1150. The number of piperidine rings is 3. The summed E-state index contributed by atoms with van der Waals surface area (Å²) in [6, 6.07) is 17.5. The minimum absolute atomic E-state index is 0.158. The van der Waals surface area contributed by atoms with E-state index in [-0.39, 0.29) is 17.9 Å². The number of amides is 2. The van der Waals surface area contributed by atoms with Crippen LogP contribution in [0.1, 0.15) is 61.6 Å². The van der Waals surface area contributed by atoms with E-state index in [0.717, 1.165) is 37.9 Å². The number of carbonyl (C=O) groups is 2. The van der Waals surface area contributed by atoms with Crippen LogP contribution in [-0.2, 0) is 29.2 Å². The number of carbonyl (C=O) groups excluding carboxylic acids is 2. The molecule has 2 atom stereocenters. The van der Waals surface area contributed by atoms with Crippen molar-refractivity contribution < 1.29 is 14.3 Å². The molecule has 39 heavy (non-hydrogen) atoms. The zero-order valence-electron chi connectivity index (χ0n) is 23.0. The summed E-state index contributed by atoms with van der Waals surface area (Å²) in [6.45, 7) is 8.06. The molecule has 4 aliphatic heterocycles. The summed E-state index contributed by atoms with van der Waals surface area (Å²) in [6.07, 6.45) is 7.37. The first-order valence-electron chi connectivity index (χ1n) is 14.9. The number of likely N-dealkylation sites (tertiary alicyclic amines) is 2. The van der Waals surface area contributed by atoms with Crippen molar-refractivity contribution in [2.45, 2.75) is 76.7 Å². The van der Waals surface area contributed by atoms with Crippen molar-refractivity contribution in [3.05, 3.63) is 65.2 Å². The van der Waals surface area contributed by atoms with Crippen LogP contribution in [0, 0.1) is 5.92 Å². The molecule has 3 saturated heterocycles. The van der Waals surface area contributed by atoms with Gasteiger partial charge in [0.15, 0.2) is 0 Å². The summed E-state index contributed by atoms with van der Waals surface area (Å²) in [4.78, 5) is 31.4. The van der Waals surface area contributed by atoms with Crippen LogP contribution in [-0.4, -0.2) is 71.4 Å². The Morgan fingerprint density at radius 1 is 0.872 bits per heavy atom. The summed E-state index contributed by atoms with van der Waals surface area (Å²) in [5.74, 6) is 1.39. The van der Waals surface area contributed by atoms with Gasteiger partial charge in [-0.15, -0.1) is 0 Å². The van der Waals surface area contributed by atoms with Crippen molar-refractivity contribution in [2.24, 2.45) is 5.92 Å². The third kappa shape index (κ3) is 6.53. The van der Waals surface area contributed by atoms with Gasteiger partial charge in [-0.1, -0.05) is 42.8 Å². The number of fused-ring (bicyclic) bond motifs is 1. The molecule has 0 saturated carbocycles. The van der Waals surface area contributed by atoms with Crippen molar-refractivity contribution in [1.82, 2.24) is 20.0 Å². The molecule has 1 N–H and O–H groups in total. The number of hydrogen-bond donors (Lipinski definition) is 1. The van der Waals surface area contributed by atoms with Crippen LogP contribution in [0.2, 0.25) is 0 Å². The van der Waals surface area contributed by atoms with Gasteiger partial charge >= 0.3 is 0 Å². The van der Waals surface area contributed by atoms with Gasteiger partial charge in [-0.2, -0.15) is 0 Å². The molecule has 1 unspecified atom stereocenters. The van der Waals surface area contributed by atoms with Crippen LogP contribution < -0.4 is 10.1 Å². The van der Waals surface area contributed by atoms with Gasteiger partial charge in [-0.05, 0) is 86.5 Å². The van der Waals surface area contributed by atoms with E-state index >= 15 is 0 Å². The molecule has 2 aromatic carbocycles. The smallest absolute Gasteiger partial charge is 0.243 e. The zero-order valence-corrected chi connectivity index (χ0v) is 23.0. The summed E-state index contributed by atoms with van der Waals surface area (Å²) in [5, 5.41) is 2.49. The topological polar surface area (TPSA) is 65.1 Å². The van der Waals surface area contributed by atoms with Crippen molar-refractivity contribution in [3.63, 3.8) is 0 Å². The number of hydrogen-bond acceptors (Lipinski definition) is 6. The molecule has 0 aromatic heterocycles. The highest BCUT2D eigenvalue weighted by Gasteiger charge is 2.35. The zero-order chi connectivity index (χ0) is 26.6. The second-order valence-electron chi connectivity index (χ2n) is 12.0. The Hall–Kier alpha value is -2.74. The highest BCUT2D eigenvalue weighted by Crippen LogP contribution is 2.31. The summed E-state index contributed by atoms with van der Waals surface area (Å²) >= 11 is 0. The number of nitrogens with zero attached hydrogens (tertiary/aromatic N) is 3. The van der Waals surface area contributed by atoms with Crippen molar-refractivity contribution in [1.29, 1.82) is 0 Å². The average Bonchev–Trinajstić information content (AvgIpc) is 3.37. The van der Waals surface area contributed by atoms with Crippen LogP contribution in [0.5, 0.6) is 5.75 Å². The third-order valence-electron chi connectivity index (χ3n) is 9.22. The lowest BCUT2D eigenvalue weighted by Crippen LogP contribution is -2.50. The van der Waals surface area contributed by atoms with Crippen LogP contribution >= 0.6 is 0 Å². The van der Waals surface area contributed by atoms with Crippen molar-refractivity contribution >= 4 is 11.8 Å². The molecule has 2 amide bonds. The highest BCUT2D eigenvalue weighted by atomic mass is 16.5. The SMILES string of the molecule is O=C1CCC(N2Cc3ccc(OC[C@H]4CCCCN4CC4CCN(Cc5ccccc5)CC4)cc3C2)C(=O)N1. The minimum Gasteiger partial charge on any atom is -0.492 e. The average molecular weight is 531 g/mol. The lowest BCUT2D eigenvalue weighted by Gasteiger charge is -2.40. The largest absolute Gasteiger partial charge is 0.492 e. The maximum Gasteiger partial charge on any atom is 0.243 e. The first-order valence-corrected chi connectivity index (χ1v) is 14.9. The highest BCUT2D eigenvalue weighted by molar-refractivity contribution is 6.00. The second kappa shape index (κ2) is 12.2. The number of ether oxygens (including phenoxy) is 1. The molecule has 0 bridgehead atoms. The number of benzene rings is 2. The van der Waals surface area contributed by atoms with E-state index < -0.39 is 0 Å². The van der Waals surface area contributed by atoms with Crippen LogP contribution in [0.25, 0.3) is 0 Å². The van der Waals surface area contributed by atoms with E-state index in [2.05, 4.69) is 68.5 Å². The van der Waals surface area contributed by atoms with Gasteiger partial charge in [0.25, 0.3) is 0 Å². The fraction of sp³-hybridized carbons (Fsp3) is 0.562. The van der Waals surface area contributed by atoms with Crippen molar-refractivity contribution in [2.75, 3.05) is 32.8 Å². The second-order valence-corrected chi connectivity index (χ2v) is 12.0. The molecule has 0 radical (unpaired) electrons. The van der Waals surface area contributed by atoms with Crippen molar-refractivity contribution in [3.8, 4) is 5.75 Å². The summed E-state index contributed by atoms with van der Waals surface area (Å²) in [5.41, 5.74) is 3.91. The summed E-state index contributed by atoms with van der Waals surface area (Å²) in [7, 11) is 0. The molecule has 7 nitrogen and oxygen atoms in total. The number of imide groups is 1. The predicted molar refractivity (Wildman–Crippen MR) is 151 cm³/mol. The first-order chi connectivity index (χ1) is 19.1. The molecular formula is C32H42N4O3. The molecule has 7 heteroatoms. The van der Waals surface area contributed by atoms with E-state index in [1.165, 1.54) is 75.0 Å². The van der Waals surface area contributed by atoms with E-state index in [4.69, 9.17) is 4.74 Å². The van der Waals surface area contributed by atoms with Crippen LogP contribution in [0.15, 0.2) is 48.5 Å². The lowest BCUT2D eigenvalue weighted by atomic mass is 9.93. The van der Waals surface area contributed by atoms with Gasteiger partial charge in [-0.25, -0.2) is 0 Å².